The number of hydrogen-bond acceptors (Lipinski definition) is 8. The summed E-state index contributed by atoms with van der Waals surface area (Å²) in [5, 5.41) is 21.6. The molecule has 1 aromatic carbocycles. The van der Waals surface area contributed by atoms with E-state index in [1.54, 1.807) is 6.07 Å². The molecule has 0 saturated carbocycles. The molecule has 1 aromatic heterocycles. The van der Waals surface area contributed by atoms with E-state index in [9.17, 15) is 29.8 Å². The van der Waals surface area contributed by atoms with E-state index >= 15 is 0 Å². The molecular formula is C19H21N3O8. The Kier molecular flexibility index (Phi) is 6.88. The lowest BCUT2D eigenvalue weighted by atomic mass is 9.95. The van der Waals surface area contributed by atoms with Gasteiger partial charge in [-0.3, -0.25) is 25.0 Å². The lowest BCUT2D eigenvalue weighted by Crippen LogP contribution is -2.39. The third kappa shape index (κ3) is 6.40. The molecule has 0 aliphatic rings. The number of carbonyl (C=O) groups excluding carboxylic acids is 2. The van der Waals surface area contributed by atoms with Crippen LogP contribution in [-0.2, 0) is 16.1 Å². The van der Waals surface area contributed by atoms with Crippen molar-refractivity contribution in [2.75, 3.05) is 13.2 Å². The number of ether oxygens (including phenoxy) is 1. The van der Waals surface area contributed by atoms with Gasteiger partial charge in [-0.25, -0.2) is 4.79 Å². The van der Waals surface area contributed by atoms with Crippen molar-refractivity contribution in [3.63, 3.8) is 0 Å². The average Bonchev–Trinajstić information content (AvgIpc) is 3.15. The summed E-state index contributed by atoms with van der Waals surface area (Å²) in [6, 6.07) is 8.00. The van der Waals surface area contributed by atoms with Crippen LogP contribution in [0.15, 0.2) is 40.8 Å². The van der Waals surface area contributed by atoms with Crippen molar-refractivity contribution in [2.24, 2.45) is 5.41 Å². The van der Waals surface area contributed by atoms with E-state index in [1.165, 1.54) is 23.1 Å². The first kappa shape index (κ1) is 22.5. The van der Waals surface area contributed by atoms with E-state index < -0.39 is 40.0 Å². The van der Waals surface area contributed by atoms with E-state index in [-0.39, 0.29) is 17.6 Å². The number of rotatable bonds is 8. The number of furan rings is 1. The molecule has 0 N–H and O–H groups in total. The zero-order chi connectivity index (χ0) is 22.5. The lowest BCUT2D eigenvalue weighted by molar-refractivity contribution is -0.402. The van der Waals surface area contributed by atoms with Crippen molar-refractivity contribution in [3.05, 3.63) is 68.0 Å². The molecule has 0 spiro atoms. The Morgan fingerprint density at radius 1 is 1.10 bits per heavy atom. The number of non-ortho nitro benzene ring substituents is 1. The van der Waals surface area contributed by atoms with Crippen molar-refractivity contribution in [2.45, 2.75) is 27.3 Å². The Balaban J connectivity index is 2.09. The maximum Gasteiger partial charge on any atom is 0.433 e. The van der Waals surface area contributed by atoms with Gasteiger partial charge in [0, 0.05) is 25.2 Å². The highest BCUT2D eigenvalue weighted by Crippen LogP contribution is 2.20. The second kappa shape index (κ2) is 9.16. The van der Waals surface area contributed by atoms with E-state index in [1.807, 2.05) is 20.8 Å². The average molecular weight is 419 g/mol. The van der Waals surface area contributed by atoms with Gasteiger partial charge >= 0.3 is 11.9 Å². The van der Waals surface area contributed by atoms with Gasteiger partial charge in [0.1, 0.15) is 4.92 Å². The molecular weight excluding hydrogens is 398 g/mol. The first-order chi connectivity index (χ1) is 14.0. The Morgan fingerprint density at radius 3 is 2.37 bits per heavy atom. The van der Waals surface area contributed by atoms with Crippen LogP contribution in [0.1, 0.15) is 36.9 Å². The highest BCUT2D eigenvalue weighted by atomic mass is 16.7. The molecule has 0 atom stereocenters. The third-order valence-corrected chi connectivity index (χ3v) is 3.81. The van der Waals surface area contributed by atoms with Gasteiger partial charge in [0.05, 0.1) is 11.0 Å². The van der Waals surface area contributed by atoms with Gasteiger partial charge in [-0.15, -0.1) is 0 Å². The Labute approximate surface area is 171 Å². The van der Waals surface area contributed by atoms with Crippen molar-refractivity contribution >= 4 is 23.4 Å². The molecule has 0 bridgehead atoms. The Hall–Kier alpha value is -3.76. The molecule has 30 heavy (non-hydrogen) atoms. The normalized spacial score (nSPS) is 11.0. The van der Waals surface area contributed by atoms with Crippen molar-refractivity contribution in [1.29, 1.82) is 0 Å². The highest BCUT2D eigenvalue weighted by Gasteiger charge is 2.24. The predicted octanol–water partition coefficient (Wildman–Crippen LogP) is 3.33. The quantitative estimate of drug-likeness (QED) is 0.360. The molecule has 1 heterocycles. The summed E-state index contributed by atoms with van der Waals surface area (Å²) in [4.78, 5) is 46.4. The van der Waals surface area contributed by atoms with Crippen LogP contribution in [-0.4, -0.2) is 39.8 Å². The highest BCUT2D eigenvalue weighted by molar-refractivity contribution is 5.89. The number of nitro benzene ring substituents is 1. The first-order valence-electron chi connectivity index (χ1n) is 8.89. The van der Waals surface area contributed by atoms with Crippen LogP contribution in [0.2, 0.25) is 0 Å². The second-order valence-corrected chi connectivity index (χ2v) is 7.71. The molecule has 0 saturated heterocycles. The fraction of sp³-hybridized carbons (Fsp3) is 0.368. The molecule has 2 rings (SSSR count). The maximum absolute atomic E-state index is 12.7. The molecule has 0 aliphatic heterocycles. The van der Waals surface area contributed by atoms with E-state index in [2.05, 4.69) is 0 Å². The largest absolute Gasteiger partial charge is 0.450 e. The molecule has 1 amide bonds. The summed E-state index contributed by atoms with van der Waals surface area (Å²) in [6.07, 6.45) is 0. The standard InChI is InChI=1S/C19H21N3O8/c1-19(2,3)12-20(10-13-5-4-6-14(9-13)21(25)26)16(23)11-29-18(24)15-7-8-17(30-15)22(27)28/h4-9H,10-12H2,1-3H3. The van der Waals surface area contributed by atoms with Crippen molar-refractivity contribution in [1.82, 2.24) is 4.90 Å². The third-order valence-electron chi connectivity index (χ3n) is 3.81. The van der Waals surface area contributed by atoms with Crippen molar-refractivity contribution in [3.8, 4) is 0 Å². The van der Waals surface area contributed by atoms with Gasteiger partial charge in [-0.1, -0.05) is 32.9 Å². The van der Waals surface area contributed by atoms with Gasteiger partial charge in [0.15, 0.2) is 6.61 Å². The minimum absolute atomic E-state index is 0.0849. The number of esters is 1. The topological polar surface area (TPSA) is 146 Å². The molecule has 0 aliphatic carbocycles. The number of hydrogen-bond donors (Lipinski definition) is 0. The van der Waals surface area contributed by atoms with Gasteiger partial charge in [0.25, 0.3) is 11.6 Å². The Bertz CT molecular complexity index is 961. The van der Waals surface area contributed by atoms with Crippen LogP contribution in [0.25, 0.3) is 0 Å². The summed E-state index contributed by atoms with van der Waals surface area (Å²) >= 11 is 0. The fourth-order valence-electron chi connectivity index (χ4n) is 2.62. The van der Waals surface area contributed by atoms with Crippen LogP contribution in [0, 0.1) is 25.6 Å². The van der Waals surface area contributed by atoms with Crippen LogP contribution >= 0.6 is 0 Å². The van der Waals surface area contributed by atoms with Gasteiger partial charge in [-0.2, -0.15) is 0 Å². The van der Waals surface area contributed by atoms with Crippen LogP contribution in [0.3, 0.4) is 0 Å². The molecule has 11 heteroatoms. The zero-order valence-electron chi connectivity index (χ0n) is 16.7. The Morgan fingerprint density at radius 2 is 1.80 bits per heavy atom. The van der Waals surface area contributed by atoms with E-state index in [4.69, 9.17) is 9.15 Å². The second-order valence-electron chi connectivity index (χ2n) is 7.71. The number of nitrogens with zero attached hydrogens (tertiary/aromatic N) is 3. The van der Waals surface area contributed by atoms with Gasteiger partial charge in [0.2, 0.25) is 5.76 Å². The number of nitro groups is 2. The smallest absolute Gasteiger partial charge is 0.433 e. The minimum Gasteiger partial charge on any atom is -0.450 e. The van der Waals surface area contributed by atoms with Crippen LogP contribution < -0.4 is 0 Å². The molecule has 160 valence electrons. The predicted molar refractivity (Wildman–Crippen MR) is 104 cm³/mol. The number of amides is 1. The minimum atomic E-state index is -1.01. The molecule has 0 radical (unpaired) electrons. The summed E-state index contributed by atoms with van der Waals surface area (Å²) in [5.74, 6) is -2.54. The maximum atomic E-state index is 12.7. The van der Waals surface area contributed by atoms with Crippen LogP contribution in [0.5, 0.6) is 0 Å². The molecule has 11 nitrogen and oxygen atoms in total. The number of carbonyl (C=O) groups is 2. The fourth-order valence-corrected chi connectivity index (χ4v) is 2.62. The SMILES string of the molecule is CC(C)(C)CN(Cc1cccc([N+](=O)[O-])c1)C(=O)COC(=O)c1ccc([N+](=O)[O-])o1. The zero-order valence-corrected chi connectivity index (χ0v) is 16.7. The lowest BCUT2D eigenvalue weighted by Gasteiger charge is -2.30. The summed E-state index contributed by atoms with van der Waals surface area (Å²) in [5.41, 5.74) is 0.165. The van der Waals surface area contributed by atoms with Gasteiger partial charge < -0.3 is 14.1 Å². The van der Waals surface area contributed by atoms with E-state index in [0.717, 1.165) is 12.1 Å². The summed E-state index contributed by atoms with van der Waals surface area (Å²) < 4.78 is 9.67. The van der Waals surface area contributed by atoms with Crippen molar-refractivity contribution < 1.29 is 28.6 Å². The molecule has 0 fully saturated rings. The summed E-state index contributed by atoms with van der Waals surface area (Å²) in [6.45, 7) is 5.51. The summed E-state index contributed by atoms with van der Waals surface area (Å²) in [7, 11) is 0. The van der Waals surface area contributed by atoms with Crippen LogP contribution in [0.4, 0.5) is 11.6 Å². The molecule has 2 aromatic rings. The van der Waals surface area contributed by atoms with E-state index in [0.29, 0.717) is 12.1 Å². The number of benzene rings is 1. The first-order valence-corrected chi connectivity index (χ1v) is 8.89. The monoisotopic (exact) mass is 419 g/mol. The molecule has 0 unspecified atom stereocenters. The van der Waals surface area contributed by atoms with Gasteiger partial charge in [-0.05, 0) is 17.0 Å².